The minimum absolute atomic E-state index is 0. The molecule has 0 saturated heterocycles. The summed E-state index contributed by atoms with van der Waals surface area (Å²) < 4.78 is 8.35. The number of unbranched alkanes of at least 4 members (excludes halogenated alkanes) is 11. The first-order valence-electron chi connectivity index (χ1n) is 16.3. The van der Waals surface area contributed by atoms with Gasteiger partial charge in [-0.1, -0.05) is 111 Å². The zero-order valence-corrected chi connectivity index (χ0v) is 29.5. The summed E-state index contributed by atoms with van der Waals surface area (Å²) in [5.41, 5.74) is 2.25. The van der Waals surface area contributed by atoms with Crippen LogP contribution in [0.15, 0.2) is 42.6 Å². The summed E-state index contributed by atoms with van der Waals surface area (Å²) in [6, 6.07) is 11.5. The third-order valence-electron chi connectivity index (χ3n) is 7.73. The molecule has 2 amide bonds. The van der Waals surface area contributed by atoms with Crippen molar-refractivity contribution in [1.29, 1.82) is 0 Å². The van der Waals surface area contributed by atoms with E-state index in [0.29, 0.717) is 12.2 Å². The second-order valence-corrected chi connectivity index (χ2v) is 12.5. The molecule has 0 atom stereocenters. The summed E-state index contributed by atoms with van der Waals surface area (Å²) in [6.45, 7) is 14.0. The van der Waals surface area contributed by atoms with Crippen molar-refractivity contribution in [3.8, 4) is 5.75 Å². The number of hydrogen-bond acceptors (Lipinski definition) is 3. The Hall–Kier alpha value is -1.96. The fourth-order valence-corrected chi connectivity index (χ4v) is 5.26. The molecule has 0 aliphatic carbocycles. The molecule has 0 bridgehead atoms. The second-order valence-electron chi connectivity index (χ2n) is 12.5. The highest BCUT2D eigenvalue weighted by atomic mass is 127. The lowest BCUT2D eigenvalue weighted by Gasteiger charge is -2.25. The molecule has 1 heterocycles. The monoisotopic (exact) mass is 692 g/mol. The van der Waals surface area contributed by atoms with Crippen molar-refractivity contribution in [2.24, 2.45) is 0 Å². The molecule has 0 aliphatic heterocycles. The Bertz CT molecular complexity index is 1060. The lowest BCUT2D eigenvalue weighted by atomic mass is 9.85. The fourth-order valence-electron chi connectivity index (χ4n) is 5.26. The first-order valence-corrected chi connectivity index (χ1v) is 16.3. The van der Waals surface area contributed by atoms with Gasteiger partial charge in [0.25, 0.3) is 5.91 Å². The van der Waals surface area contributed by atoms with Gasteiger partial charge in [-0.25, -0.2) is 4.57 Å². The molecule has 0 N–H and O–H groups in total. The van der Waals surface area contributed by atoms with Gasteiger partial charge >= 0.3 is 0 Å². The fraction of sp³-hybridized carbons (Fsp3) is 0.639. The number of imide groups is 1. The summed E-state index contributed by atoms with van der Waals surface area (Å²) in [4.78, 5) is 27.5. The lowest BCUT2D eigenvalue weighted by molar-refractivity contribution is -0.704. The standard InChI is InChI=1S/C36H57N2O3.HI/c1-7-9-10-11-12-13-14-15-16-17-18-21-27-41-34-24-23-31(28-33(34)36(4,5)6)35(40)38(30(3)39)29-32-22-19-20-26-37(32)25-8-2;/h19-20,22-24,26,28H,7-18,21,25,27,29H2,1-6H3;1H/q+1;/p-1. The number of hydrogen-bond donors (Lipinski definition) is 0. The zero-order chi connectivity index (χ0) is 30.1. The summed E-state index contributed by atoms with van der Waals surface area (Å²) >= 11 is 0. The van der Waals surface area contributed by atoms with Crippen LogP contribution in [0.4, 0.5) is 0 Å². The maximum atomic E-state index is 13.6. The molecule has 1 aromatic heterocycles. The molecule has 0 spiro atoms. The van der Waals surface area contributed by atoms with Crippen LogP contribution in [0.2, 0.25) is 0 Å². The Morgan fingerprint density at radius 3 is 1.95 bits per heavy atom. The SMILES string of the molecule is CCCCCCCCCCCCCCOc1ccc(C(=O)N(Cc2cccc[n+]2CCC)C(C)=O)cc1C(C)(C)C.[I-]. The minimum Gasteiger partial charge on any atom is -1.00 e. The number of amides is 2. The van der Waals surface area contributed by atoms with Crippen LogP contribution in [0, 0.1) is 0 Å². The van der Waals surface area contributed by atoms with Gasteiger partial charge < -0.3 is 28.7 Å². The molecular weight excluding hydrogens is 635 g/mol. The van der Waals surface area contributed by atoms with Crippen LogP contribution in [-0.2, 0) is 23.3 Å². The Kier molecular flexibility index (Phi) is 18.9. The quantitative estimate of drug-likeness (QED) is 0.104. The Morgan fingerprint density at radius 2 is 1.40 bits per heavy atom. The van der Waals surface area contributed by atoms with Crippen LogP contribution in [0.3, 0.4) is 0 Å². The van der Waals surface area contributed by atoms with Crippen molar-refractivity contribution in [2.45, 2.75) is 144 Å². The molecular formula is C36H57IN2O3. The molecule has 0 unspecified atom stereocenters. The molecule has 2 aromatic rings. The number of halogens is 1. The highest BCUT2D eigenvalue weighted by Crippen LogP contribution is 2.33. The van der Waals surface area contributed by atoms with Crippen LogP contribution < -0.4 is 33.3 Å². The molecule has 1 aromatic carbocycles. The first kappa shape index (κ1) is 38.1. The topological polar surface area (TPSA) is 50.5 Å². The van der Waals surface area contributed by atoms with Crippen molar-refractivity contribution < 1.29 is 42.9 Å². The Balaban J connectivity index is 0.00000882. The van der Waals surface area contributed by atoms with Gasteiger partial charge in [-0.2, -0.15) is 0 Å². The van der Waals surface area contributed by atoms with Crippen LogP contribution in [-0.4, -0.2) is 23.3 Å². The number of ether oxygens (including phenoxy) is 1. The van der Waals surface area contributed by atoms with Gasteiger partial charge in [0.2, 0.25) is 11.6 Å². The number of aryl methyl sites for hydroxylation is 1. The van der Waals surface area contributed by atoms with Gasteiger partial charge in [0, 0.05) is 36.6 Å². The molecule has 0 fully saturated rings. The number of rotatable bonds is 19. The highest BCUT2D eigenvalue weighted by molar-refractivity contribution is 6.04. The van der Waals surface area contributed by atoms with Crippen molar-refractivity contribution in [1.82, 2.24) is 4.90 Å². The molecule has 236 valence electrons. The molecule has 42 heavy (non-hydrogen) atoms. The van der Waals surface area contributed by atoms with Crippen molar-refractivity contribution in [3.05, 3.63) is 59.4 Å². The van der Waals surface area contributed by atoms with Crippen LogP contribution in [0.1, 0.15) is 147 Å². The third-order valence-corrected chi connectivity index (χ3v) is 7.73. The summed E-state index contributed by atoms with van der Waals surface area (Å²) in [6.07, 6.45) is 18.8. The highest BCUT2D eigenvalue weighted by Gasteiger charge is 2.27. The average molecular weight is 693 g/mol. The average Bonchev–Trinajstić information content (AvgIpc) is 2.94. The molecule has 0 radical (unpaired) electrons. The van der Waals surface area contributed by atoms with E-state index in [9.17, 15) is 9.59 Å². The molecule has 5 nitrogen and oxygen atoms in total. The van der Waals surface area contributed by atoms with Gasteiger partial charge in [-0.3, -0.25) is 14.5 Å². The smallest absolute Gasteiger partial charge is 0.260 e. The number of nitrogens with zero attached hydrogens (tertiary/aromatic N) is 2. The number of pyridine rings is 1. The molecule has 0 saturated carbocycles. The van der Waals surface area contributed by atoms with E-state index in [-0.39, 0.29) is 47.8 Å². The summed E-state index contributed by atoms with van der Waals surface area (Å²) in [5.74, 6) is 0.296. The van der Waals surface area contributed by atoms with E-state index in [0.717, 1.165) is 36.4 Å². The van der Waals surface area contributed by atoms with Crippen molar-refractivity contribution in [2.75, 3.05) is 6.61 Å². The predicted molar refractivity (Wildman–Crippen MR) is 169 cm³/mol. The third kappa shape index (κ3) is 13.6. The van der Waals surface area contributed by atoms with E-state index in [1.807, 2.05) is 36.5 Å². The molecule has 2 rings (SSSR count). The van der Waals surface area contributed by atoms with Gasteiger partial charge in [0.05, 0.1) is 6.61 Å². The maximum Gasteiger partial charge on any atom is 0.260 e. The van der Waals surface area contributed by atoms with Crippen molar-refractivity contribution >= 4 is 11.8 Å². The van der Waals surface area contributed by atoms with E-state index in [2.05, 4.69) is 39.2 Å². The predicted octanol–water partition coefficient (Wildman–Crippen LogP) is 5.95. The lowest BCUT2D eigenvalue weighted by Crippen LogP contribution is -3.00. The van der Waals surface area contributed by atoms with E-state index >= 15 is 0 Å². The van der Waals surface area contributed by atoms with E-state index < -0.39 is 0 Å². The van der Waals surface area contributed by atoms with Crippen LogP contribution >= 0.6 is 0 Å². The van der Waals surface area contributed by atoms with Gasteiger partial charge in [-0.05, 0) is 30.0 Å². The van der Waals surface area contributed by atoms with E-state index in [1.54, 1.807) is 6.07 Å². The number of carbonyl (C=O) groups is 2. The number of benzene rings is 1. The van der Waals surface area contributed by atoms with E-state index in [1.165, 1.54) is 82.5 Å². The Labute approximate surface area is 273 Å². The first-order chi connectivity index (χ1) is 19.7. The summed E-state index contributed by atoms with van der Waals surface area (Å²) in [7, 11) is 0. The maximum absolute atomic E-state index is 13.6. The number of carbonyl (C=O) groups excluding carboxylic acids is 2. The Morgan fingerprint density at radius 1 is 0.810 bits per heavy atom. The van der Waals surface area contributed by atoms with Crippen LogP contribution in [0.25, 0.3) is 0 Å². The normalized spacial score (nSPS) is 11.2. The number of aromatic nitrogens is 1. The molecule has 0 aliphatic rings. The molecule has 6 heteroatoms. The largest absolute Gasteiger partial charge is 1.00 e. The second kappa shape index (κ2) is 20.9. The van der Waals surface area contributed by atoms with Crippen molar-refractivity contribution in [3.63, 3.8) is 0 Å². The van der Waals surface area contributed by atoms with Gasteiger partial charge in [-0.15, -0.1) is 0 Å². The zero-order valence-electron chi connectivity index (χ0n) is 27.4. The minimum atomic E-state index is -0.276. The van der Waals surface area contributed by atoms with E-state index in [4.69, 9.17) is 4.74 Å². The summed E-state index contributed by atoms with van der Waals surface area (Å²) in [5, 5.41) is 0. The van der Waals surface area contributed by atoms with Crippen LogP contribution in [0.5, 0.6) is 5.75 Å². The van der Waals surface area contributed by atoms with Gasteiger partial charge in [0.1, 0.15) is 18.8 Å². The van der Waals surface area contributed by atoms with Gasteiger partial charge in [0.15, 0.2) is 6.20 Å².